The van der Waals surface area contributed by atoms with Crippen LogP contribution < -0.4 is 10.6 Å². The number of amides is 3. The average molecular weight is 291 g/mol. The summed E-state index contributed by atoms with van der Waals surface area (Å²) in [6, 6.07) is -1.50. The Bertz CT molecular complexity index is 325. The van der Waals surface area contributed by atoms with Gasteiger partial charge >= 0.3 is 12.0 Å². The number of thioether (sulfide) groups is 1. The van der Waals surface area contributed by atoms with Gasteiger partial charge in [-0.2, -0.15) is 11.8 Å². The quantitative estimate of drug-likeness (QED) is 0.583. The first kappa shape index (κ1) is 17.6. The summed E-state index contributed by atoms with van der Waals surface area (Å²) < 4.78 is 0. The van der Waals surface area contributed by atoms with Crippen LogP contribution in [0.5, 0.6) is 0 Å². The molecule has 8 heteroatoms. The van der Waals surface area contributed by atoms with Crippen molar-refractivity contribution in [1.82, 2.24) is 15.5 Å². The molecule has 0 aromatic rings. The van der Waals surface area contributed by atoms with Crippen LogP contribution >= 0.6 is 11.8 Å². The van der Waals surface area contributed by atoms with E-state index >= 15 is 0 Å². The Morgan fingerprint density at radius 1 is 1.37 bits per heavy atom. The van der Waals surface area contributed by atoms with Crippen molar-refractivity contribution in [3.8, 4) is 0 Å². The van der Waals surface area contributed by atoms with Crippen LogP contribution in [0.15, 0.2) is 0 Å². The molecule has 0 saturated heterocycles. The highest BCUT2D eigenvalue weighted by Gasteiger charge is 2.21. The first-order valence-electron chi connectivity index (χ1n) is 5.92. The maximum atomic E-state index is 11.7. The predicted molar refractivity (Wildman–Crippen MR) is 74.3 cm³/mol. The van der Waals surface area contributed by atoms with Crippen molar-refractivity contribution >= 4 is 29.7 Å². The Balaban J connectivity index is 4.30. The average Bonchev–Trinajstić information content (AvgIpc) is 2.33. The van der Waals surface area contributed by atoms with Crippen LogP contribution in [0, 0.1) is 0 Å². The zero-order valence-corrected chi connectivity index (χ0v) is 12.2. The van der Waals surface area contributed by atoms with Gasteiger partial charge < -0.3 is 20.6 Å². The first-order chi connectivity index (χ1) is 8.92. The van der Waals surface area contributed by atoms with Gasteiger partial charge in [-0.15, -0.1) is 0 Å². The Labute approximate surface area is 117 Å². The third-order valence-corrected chi connectivity index (χ3v) is 2.95. The summed E-state index contributed by atoms with van der Waals surface area (Å²) in [5.41, 5.74) is 0. The van der Waals surface area contributed by atoms with Crippen molar-refractivity contribution in [3.05, 3.63) is 0 Å². The van der Waals surface area contributed by atoms with E-state index in [9.17, 15) is 14.4 Å². The van der Waals surface area contributed by atoms with Crippen LogP contribution in [-0.4, -0.2) is 66.1 Å². The molecule has 0 spiro atoms. The second-order valence-corrected chi connectivity index (χ2v) is 4.92. The van der Waals surface area contributed by atoms with Crippen LogP contribution in [0.3, 0.4) is 0 Å². The van der Waals surface area contributed by atoms with Gasteiger partial charge in [-0.25, -0.2) is 9.59 Å². The van der Waals surface area contributed by atoms with Gasteiger partial charge in [0.2, 0.25) is 5.91 Å². The van der Waals surface area contributed by atoms with Crippen molar-refractivity contribution in [2.24, 2.45) is 0 Å². The van der Waals surface area contributed by atoms with Crippen LogP contribution in [0.1, 0.15) is 13.3 Å². The number of carbonyl (C=O) groups excluding carboxylic acids is 2. The Hall–Kier alpha value is -1.44. The standard InChI is InChI=1S/C11H21N3O4S/c1-4-12-9(15)7-14(2)11(18)13-8(10(16)17)5-6-19-3/h8H,4-7H2,1-3H3,(H,12,15)(H,13,18)(H,16,17)/t8-/m0/s1. The van der Waals surface area contributed by atoms with Crippen LogP contribution in [-0.2, 0) is 9.59 Å². The normalized spacial score (nSPS) is 11.5. The lowest BCUT2D eigenvalue weighted by atomic mass is 10.2. The minimum atomic E-state index is -1.08. The fourth-order valence-electron chi connectivity index (χ4n) is 1.29. The Morgan fingerprint density at radius 3 is 2.47 bits per heavy atom. The summed E-state index contributed by atoms with van der Waals surface area (Å²) in [5, 5.41) is 13.9. The SMILES string of the molecule is CCNC(=O)CN(C)C(=O)N[C@@H](CCSC)C(=O)O. The van der Waals surface area contributed by atoms with Crippen LogP contribution in [0.4, 0.5) is 4.79 Å². The van der Waals surface area contributed by atoms with Crippen molar-refractivity contribution in [2.75, 3.05) is 32.1 Å². The molecule has 0 aliphatic rings. The molecule has 110 valence electrons. The van der Waals surface area contributed by atoms with Crippen LogP contribution in [0.25, 0.3) is 0 Å². The molecule has 1 atom stereocenters. The maximum Gasteiger partial charge on any atom is 0.326 e. The van der Waals surface area contributed by atoms with Gasteiger partial charge in [-0.3, -0.25) is 4.79 Å². The van der Waals surface area contributed by atoms with Gasteiger partial charge in [0.1, 0.15) is 12.6 Å². The number of carboxylic acids is 1. The van der Waals surface area contributed by atoms with Gasteiger partial charge in [0.05, 0.1) is 0 Å². The molecule has 0 aromatic carbocycles. The fourth-order valence-corrected chi connectivity index (χ4v) is 1.76. The molecule has 0 fully saturated rings. The van der Waals surface area contributed by atoms with E-state index in [1.165, 1.54) is 18.8 Å². The van der Waals surface area contributed by atoms with E-state index in [2.05, 4.69) is 10.6 Å². The number of nitrogens with zero attached hydrogens (tertiary/aromatic N) is 1. The largest absolute Gasteiger partial charge is 0.480 e. The van der Waals surface area contributed by atoms with Gasteiger partial charge in [0.15, 0.2) is 0 Å². The molecule has 0 aliphatic heterocycles. The monoisotopic (exact) mass is 291 g/mol. The molecule has 3 N–H and O–H groups in total. The number of hydrogen-bond donors (Lipinski definition) is 3. The molecular weight excluding hydrogens is 270 g/mol. The van der Waals surface area contributed by atoms with E-state index < -0.39 is 18.0 Å². The number of nitrogens with one attached hydrogen (secondary N) is 2. The molecule has 0 bridgehead atoms. The molecule has 19 heavy (non-hydrogen) atoms. The Kier molecular flexibility index (Phi) is 8.77. The summed E-state index contributed by atoms with van der Waals surface area (Å²) in [7, 11) is 1.44. The van der Waals surface area contributed by atoms with E-state index in [1.807, 2.05) is 6.26 Å². The van der Waals surface area contributed by atoms with Gasteiger partial charge in [0.25, 0.3) is 0 Å². The maximum absolute atomic E-state index is 11.7. The van der Waals surface area contributed by atoms with Crippen LogP contribution in [0.2, 0.25) is 0 Å². The molecule has 0 unspecified atom stereocenters. The van der Waals surface area contributed by atoms with E-state index in [0.29, 0.717) is 18.7 Å². The minimum Gasteiger partial charge on any atom is -0.480 e. The van der Waals surface area contributed by atoms with Gasteiger partial charge in [-0.1, -0.05) is 0 Å². The fraction of sp³-hybridized carbons (Fsp3) is 0.727. The summed E-state index contributed by atoms with van der Waals surface area (Å²) >= 11 is 1.51. The zero-order valence-electron chi connectivity index (χ0n) is 11.4. The molecule has 0 rings (SSSR count). The summed E-state index contributed by atoms with van der Waals surface area (Å²) in [4.78, 5) is 35.1. The number of likely N-dealkylation sites (N-methyl/N-ethyl adjacent to an activating group) is 2. The first-order valence-corrected chi connectivity index (χ1v) is 7.31. The van der Waals surface area contributed by atoms with Crippen molar-refractivity contribution in [1.29, 1.82) is 0 Å². The van der Waals surface area contributed by atoms with Gasteiger partial charge in [-0.05, 0) is 25.4 Å². The predicted octanol–water partition coefficient (Wildman–Crippen LogP) is -0.0298. The number of rotatable bonds is 8. The molecule has 0 radical (unpaired) electrons. The topological polar surface area (TPSA) is 98.7 Å². The molecule has 3 amide bonds. The van der Waals surface area contributed by atoms with E-state index in [0.717, 1.165) is 4.90 Å². The Morgan fingerprint density at radius 2 is 2.00 bits per heavy atom. The van der Waals surface area contributed by atoms with Crippen molar-refractivity contribution < 1.29 is 19.5 Å². The smallest absolute Gasteiger partial charge is 0.326 e. The van der Waals surface area contributed by atoms with E-state index in [4.69, 9.17) is 5.11 Å². The third kappa shape index (κ3) is 7.55. The number of carbonyl (C=O) groups is 3. The summed E-state index contributed by atoms with van der Waals surface area (Å²) in [6.07, 6.45) is 2.21. The lowest BCUT2D eigenvalue weighted by molar-refractivity contribution is -0.139. The van der Waals surface area contributed by atoms with Crippen molar-refractivity contribution in [2.45, 2.75) is 19.4 Å². The van der Waals surface area contributed by atoms with Gasteiger partial charge in [0, 0.05) is 13.6 Å². The van der Waals surface area contributed by atoms with Crippen molar-refractivity contribution in [3.63, 3.8) is 0 Å². The minimum absolute atomic E-state index is 0.103. The summed E-state index contributed by atoms with van der Waals surface area (Å²) in [5.74, 6) is -0.720. The molecule has 7 nitrogen and oxygen atoms in total. The number of urea groups is 1. The molecular formula is C11H21N3O4S. The highest BCUT2D eigenvalue weighted by atomic mass is 32.2. The lowest BCUT2D eigenvalue weighted by Crippen LogP contribution is -2.49. The van der Waals surface area contributed by atoms with E-state index in [-0.39, 0.29) is 12.5 Å². The second-order valence-electron chi connectivity index (χ2n) is 3.93. The number of carboxylic acid groups (broad SMARTS) is 1. The summed E-state index contributed by atoms with van der Waals surface area (Å²) in [6.45, 7) is 2.16. The second kappa shape index (κ2) is 9.48. The highest BCUT2D eigenvalue weighted by molar-refractivity contribution is 7.98. The number of aliphatic carboxylic acids is 1. The lowest BCUT2D eigenvalue weighted by Gasteiger charge is -2.20. The molecule has 0 aromatic heterocycles. The third-order valence-electron chi connectivity index (χ3n) is 2.31. The highest BCUT2D eigenvalue weighted by Crippen LogP contribution is 2.01. The molecule has 0 aliphatic carbocycles. The number of hydrogen-bond acceptors (Lipinski definition) is 4. The molecule has 0 heterocycles. The zero-order chi connectivity index (χ0) is 14.8. The van der Waals surface area contributed by atoms with E-state index in [1.54, 1.807) is 6.92 Å². The molecule has 0 saturated carbocycles.